The molecule has 0 aliphatic heterocycles. The highest BCUT2D eigenvalue weighted by Crippen LogP contribution is 2.37. The van der Waals surface area contributed by atoms with Gasteiger partial charge in [-0.15, -0.1) is 22.7 Å². The van der Waals surface area contributed by atoms with Crippen LogP contribution < -0.4 is 5.56 Å². The lowest BCUT2D eigenvalue weighted by molar-refractivity contribution is 0.183. The highest BCUT2D eigenvalue weighted by Gasteiger charge is 2.23. The van der Waals surface area contributed by atoms with Crippen molar-refractivity contribution in [3.8, 4) is 10.7 Å². The number of aryl methyl sites for hydroxylation is 2. The molecule has 1 aromatic carbocycles. The first kappa shape index (κ1) is 21.9. The third-order valence-corrected chi connectivity index (χ3v) is 9.11. The third-order valence-electron chi connectivity index (χ3n) is 6.06. The second-order valence-corrected chi connectivity index (χ2v) is 11.2. The zero-order valence-electron chi connectivity index (χ0n) is 18.6. The highest BCUT2D eigenvalue weighted by atomic mass is 32.2. The van der Waals surface area contributed by atoms with Crippen molar-refractivity contribution in [1.82, 2.24) is 19.5 Å². The Labute approximate surface area is 208 Å². The highest BCUT2D eigenvalue weighted by molar-refractivity contribution is 7.99. The van der Waals surface area contributed by atoms with Crippen molar-refractivity contribution in [2.75, 3.05) is 13.7 Å². The first-order valence-electron chi connectivity index (χ1n) is 11.3. The summed E-state index contributed by atoms with van der Waals surface area (Å²) in [6.07, 6.45) is 4.31. The molecular formula is C25H22N4O2S3. The number of para-hydroxylation sites is 1. The van der Waals surface area contributed by atoms with Gasteiger partial charge >= 0.3 is 0 Å². The molecule has 9 heteroatoms. The van der Waals surface area contributed by atoms with Gasteiger partial charge in [-0.25, -0.2) is 15.0 Å². The molecule has 0 saturated carbocycles. The molecule has 0 amide bonds. The number of ether oxygens (including phenoxy) is 1. The molecule has 1 aliphatic carbocycles. The Hall–Kier alpha value is -2.59. The zero-order valence-corrected chi connectivity index (χ0v) is 21.1. The Kier molecular flexibility index (Phi) is 5.94. The van der Waals surface area contributed by atoms with Gasteiger partial charge in [0.05, 0.1) is 28.9 Å². The Morgan fingerprint density at radius 1 is 1.09 bits per heavy atom. The number of fused-ring (bicyclic) bond motifs is 4. The standard InChI is InChI=1S/C25H22N4O2S3/c1-31-13-12-29-24(30)20-16-8-3-5-10-18(16)33-23(20)28-25(29)34-22-15-7-2-4-9-17(15)26-21(27-22)19-11-6-14-32-19/h2,4,6-7,9,11,14H,3,5,8,10,12-13H2,1H3. The predicted molar refractivity (Wildman–Crippen MR) is 139 cm³/mol. The van der Waals surface area contributed by atoms with Gasteiger partial charge in [-0.3, -0.25) is 9.36 Å². The number of hydrogen-bond acceptors (Lipinski definition) is 8. The fraction of sp³-hybridized carbons (Fsp3) is 0.280. The number of thiophene rings is 2. The van der Waals surface area contributed by atoms with Crippen LogP contribution in [0.25, 0.3) is 31.8 Å². The van der Waals surface area contributed by atoms with E-state index in [1.165, 1.54) is 28.6 Å². The lowest BCUT2D eigenvalue weighted by Crippen LogP contribution is -2.25. The number of methoxy groups -OCH3 is 1. The van der Waals surface area contributed by atoms with Crippen molar-refractivity contribution in [2.45, 2.75) is 42.4 Å². The molecule has 0 radical (unpaired) electrons. The van der Waals surface area contributed by atoms with E-state index < -0.39 is 0 Å². The van der Waals surface area contributed by atoms with E-state index in [0.29, 0.717) is 24.1 Å². The predicted octanol–water partition coefficient (Wildman–Crippen LogP) is 5.81. The van der Waals surface area contributed by atoms with Crippen molar-refractivity contribution in [2.24, 2.45) is 0 Å². The van der Waals surface area contributed by atoms with Crippen molar-refractivity contribution < 1.29 is 4.74 Å². The van der Waals surface area contributed by atoms with Crippen LogP contribution in [0.1, 0.15) is 23.3 Å². The molecule has 0 bridgehead atoms. The van der Waals surface area contributed by atoms with E-state index in [2.05, 4.69) is 0 Å². The molecule has 6 nitrogen and oxygen atoms in total. The van der Waals surface area contributed by atoms with E-state index in [1.807, 2.05) is 41.8 Å². The van der Waals surface area contributed by atoms with Crippen molar-refractivity contribution in [3.05, 3.63) is 62.6 Å². The average molecular weight is 507 g/mol. The first-order valence-corrected chi connectivity index (χ1v) is 13.8. The molecule has 0 unspecified atom stereocenters. The summed E-state index contributed by atoms with van der Waals surface area (Å²) in [7, 11) is 1.65. The largest absolute Gasteiger partial charge is 0.383 e. The van der Waals surface area contributed by atoms with Gasteiger partial charge in [-0.1, -0.05) is 24.3 Å². The summed E-state index contributed by atoms with van der Waals surface area (Å²) in [5.74, 6) is 0.689. The van der Waals surface area contributed by atoms with Crippen LogP contribution in [0.2, 0.25) is 0 Å². The fourth-order valence-electron chi connectivity index (χ4n) is 4.41. The van der Waals surface area contributed by atoms with Crippen LogP contribution in [0, 0.1) is 0 Å². The maximum absolute atomic E-state index is 13.7. The van der Waals surface area contributed by atoms with Crippen LogP contribution in [0.15, 0.2) is 56.8 Å². The fourth-order valence-corrected chi connectivity index (χ4v) is 7.38. The Morgan fingerprint density at radius 2 is 1.97 bits per heavy atom. The molecule has 1 aliphatic rings. The second-order valence-electron chi connectivity index (χ2n) is 8.18. The summed E-state index contributed by atoms with van der Waals surface area (Å²) in [6, 6.07) is 12.0. The van der Waals surface area contributed by atoms with Crippen molar-refractivity contribution in [3.63, 3.8) is 0 Å². The monoisotopic (exact) mass is 506 g/mol. The van der Waals surface area contributed by atoms with Gasteiger partial charge < -0.3 is 4.74 Å². The summed E-state index contributed by atoms with van der Waals surface area (Å²) in [6.45, 7) is 0.893. The molecule has 0 N–H and O–H groups in total. The zero-order chi connectivity index (χ0) is 23.1. The van der Waals surface area contributed by atoms with E-state index in [9.17, 15) is 4.79 Å². The normalized spacial score (nSPS) is 13.6. The Bertz CT molecular complexity index is 1560. The van der Waals surface area contributed by atoms with Crippen LogP contribution in [0.4, 0.5) is 0 Å². The molecule has 4 aromatic heterocycles. The minimum Gasteiger partial charge on any atom is -0.383 e. The molecule has 0 spiro atoms. The maximum atomic E-state index is 13.7. The van der Waals surface area contributed by atoms with Gasteiger partial charge in [0.25, 0.3) is 5.56 Å². The number of hydrogen-bond donors (Lipinski definition) is 0. The van der Waals surface area contributed by atoms with Crippen LogP contribution >= 0.6 is 34.4 Å². The Balaban J connectivity index is 1.54. The SMILES string of the molecule is COCCn1c(Sc2nc(-c3cccs3)nc3ccccc23)nc2sc3c(c2c1=O)CCCC3. The minimum absolute atomic E-state index is 0.0285. The molecule has 0 saturated heterocycles. The topological polar surface area (TPSA) is 69.9 Å². The lowest BCUT2D eigenvalue weighted by Gasteiger charge is -2.14. The van der Waals surface area contributed by atoms with Crippen LogP contribution in [-0.2, 0) is 24.1 Å². The quantitative estimate of drug-likeness (QED) is 0.214. The number of nitrogens with zero attached hydrogens (tertiary/aromatic N) is 4. The van der Waals surface area contributed by atoms with Crippen molar-refractivity contribution >= 4 is 55.6 Å². The van der Waals surface area contributed by atoms with Gasteiger partial charge in [0.1, 0.15) is 9.86 Å². The van der Waals surface area contributed by atoms with Gasteiger partial charge in [0, 0.05) is 17.4 Å². The van der Waals surface area contributed by atoms with E-state index in [4.69, 9.17) is 19.7 Å². The summed E-state index contributed by atoms with van der Waals surface area (Å²) >= 11 is 4.73. The summed E-state index contributed by atoms with van der Waals surface area (Å²) in [5.41, 5.74) is 2.11. The van der Waals surface area contributed by atoms with Gasteiger partial charge in [-0.2, -0.15) is 0 Å². The number of aromatic nitrogens is 4. The molecule has 34 heavy (non-hydrogen) atoms. The molecular weight excluding hydrogens is 485 g/mol. The van der Waals surface area contributed by atoms with Gasteiger partial charge in [0.2, 0.25) is 0 Å². The molecule has 0 fully saturated rings. The summed E-state index contributed by atoms with van der Waals surface area (Å²) in [5, 5.41) is 5.22. The summed E-state index contributed by atoms with van der Waals surface area (Å²) < 4.78 is 7.10. The molecule has 6 rings (SSSR count). The van der Waals surface area contributed by atoms with E-state index >= 15 is 0 Å². The average Bonchev–Trinajstić information content (AvgIpc) is 3.52. The molecule has 4 heterocycles. The van der Waals surface area contributed by atoms with Gasteiger partial charge in [-0.05, 0) is 60.5 Å². The van der Waals surface area contributed by atoms with Crippen LogP contribution in [0.3, 0.4) is 0 Å². The lowest BCUT2D eigenvalue weighted by atomic mass is 9.97. The smallest absolute Gasteiger partial charge is 0.263 e. The van der Waals surface area contributed by atoms with E-state index in [0.717, 1.165) is 50.3 Å². The number of rotatable bonds is 6. The third kappa shape index (κ3) is 3.86. The van der Waals surface area contributed by atoms with Crippen LogP contribution in [-0.4, -0.2) is 33.2 Å². The second kappa shape index (κ2) is 9.22. The number of benzene rings is 1. The molecule has 0 atom stereocenters. The van der Waals surface area contributed by atoms with Crippen LogP contribution in [0.5, 0.6) is 0 Å². The van der Waals surface area contributed by atoms with Gasteiger partial charge in [0.15, 0.2) is 11.0 Å². The Morgan fingerprint density at radius 3 is 2.82 bits per heavy atom. The van der Waals surface area contributed by atoms with Crippen molar-refractivity contribution in [1.29, 1.82) is 0 Å². The molecule has 5 aromatic rings. The van der Waals surface area contributed by atoms with E-state index in [-0.39, 0.29) is 5.56 Å². The first-order chi connectivity index (χ1) is 16.7. The minimum atomic E-state index is 0.0285. The maximum Gasteiger partial charge on any atom is 0.263 e. The molecule has 172 valence electrons. The summed E-state index contributed by atoms with van der Waals surface area (Å²) in [4.78, 5) is 31.6. The van der Waals surface area contributed by atoms with E-state index in [1.54, 1.807) is 34.4 Å².